The van der Waals surface area contributed by atoms with E-state index in [1.54, 1.807) is 0 Å². The van der Waals surface area contributed by atoms with Gasteiger partial charge in [-0.25, -0.2) is 13.6 Å². The fourth-order valence-electron chi connectivity index (χ4n) is 4.54. The average molecular weight is 458 g/mol. The second-order valence-electron chi connectivity index (χ2n) is 8.91. The first-order chi connectivity index (χ1) is 15.5. The summed E-state index contributed by atoms with van der Waals surface area (Å²) in [5.41, 5.74) is 2.63. The minimum atomic E-state index is -3.54. The van der Waals surface area contributed by atoms with E-state index in [0.29, 0.717) is 0 Å². The van der Waals surface area contributed by atoms with E-state index in [0.717, 1.165) is 27.2 Å². The van der Waals surface area contributed by atoms with E-state index >= 15 is 0 Å². The fraction of sp³-hybridized carbons (Fsp3) is 0.375. The Bertz CT molecular complexity index is 1070. The van der Waals surface area contributed by atoms with Crippen molar-refractivity contribution in [2.24, 2.45) is 5.92 Å². The summed E-state index contributed by atoms with van der Waals surface area (Å²) in [6, 6.07) is 15.7. The highest BCUT2D eigenvalue weighted by Crippen LogP contribution is 2.44. The monoisotopic (exact) mass is 458 g/mol. The number of fused-ring (bicyclic) bond motifs is 3. The molecule has 9 heteroatoms. The van der Waals surface area contributed by atoms with E-state index in [4.69, 9.17) is 9.84 Å². The van der Waals surface area contributed by atoms with Gasteiger partial charge in [0.1, 0.15) is 18.1 Å². The average Bonchev–Trinajstić information content (AvgIpc) is 3.25. The van der Waals surface area contributed by atoms with Crippen LogP contribution >= 0.6 is 0 Å². The number of nitrogens with one attached hydrogen (secondary N) is 1. The van der Waals surface area contributed by atoms with Gasteiger partial charge in [-0.1, -0.05) is 48.5 Å². The lowest BCUT2D eigenvalue weighted by molar-refractivity contribution is -0.151. The highest BCUT2D eigenvalue weighted by Gasteiger charge is 2.55. The molecule has 2 aliphatic rings. The summed E-state index contributed by atoms with van der Waals surface area (Å²) in [7, 11) is 0. The van der Waals surface area contributed by atoms with Gasteiger partial charge in [0.15, 0.2) is 0 Å². The number of likely N-dealkylation sites (tertiary alicyclic amines) is 1. The van der Waals surface area contributed by atoms with Crippen molar-refractivity contribution in [2.75, 3.05) is 19.7 Å². The predicted molar refractivity (Wildman–Crippen MR) is 115 cm³/mol. The molecule has 1 fully saturated rings. The van der Waals surface area contributed by atoms with Gasteiger partial charge < -0.3 is 20.1 Å². The Hall–Kier alpha value is -3.49. The van der Waals surface area contributed by atoms with Crippen LogP contribution in [0.4, 0.5) is 13.6 Å². The van der Waals surface area contributed by atoms with Crippen LogP contribution in [0.1, 0.15) is 30.9 Å². The Morgan fingerprint density at radius 1 is 1.09 bits per heavy atom. The molecule has 33 heavy (non-hydrogen) atoms. The minimum Gasteiger partial charge on any atom is -0.481 e. The Morgan fingerprint density at radius 3 is 2.15 bits per heavy atom. The molecule has 1 unspecified atom stereocenters. The molecule has 4 rings (SSSR count). The van der Waals surface area contributed by atoms with Crippen molar-refractivity contribution in [1.29, 1.82) is 0 Å². The lowest BCUT2D eigenvalue weighted by Crippen LogP contribution is -2.56. The third kappa shape index (κ3) is 4.15. The maximum atomic E-state index is 14.0. The fourth-order valence-corrected chi connectivity index (χ4v) is 4.54. The van der Waals surface area contributed by atoms with Gasteiger partial charge in [-0.05, 0) is 36.1 Å². The van der Waals surface area contributed by atoms with Gasteiger partial charge in [-0.2, -0.15) is 0 Å². The van der Waals surface area contributed by atoms with Gasteiger partial charge in [-0.15, -0.1) is 0 Å². The smallest absolute Gasteiger partial charge is 0.408 e. The standard InChI is InChI=1S/C24H24F2N2O5/c1-23(2,21(31)28-11-19(20(29)30)24(25,26)13-28)27-22(32)33-12-18-16-9-5-3-7-14(16)15-8-4-6-10-17(15)18/h3-10,18-19H,11-13H2,1-2H3,(H,27,32)(H,29,30). The molecule has 174 valence electrons. The molecule has 0 spiro atoms. The molecule has 1 saturated heterocycles. The van der Waals surface area contributed by atoms with Gasteiger partial charge >= 0.3 is 12.1 Å². The Balaban J connectivity index is 1.41. The number of hydrogen-bond donors (Lipinski definition) is 2. The molecular formula is C24H24F2N2O5. The number of nitrogens with zero attached hydrogens (tertiary/aromatic N) is 1. The number of benzene rings is 2. The third-order valence-electron chi connectivity index (χ3n) is 6.19. The van der Waals surface area contributed by atoms with Crippen LogP contribution in [-0.4, -0.2) is 59.1 Å². The first-order valence-corrected chi connectivity index (χ1v) is 10.5. The van der Waals surface area contributed by atoms with Crippen molar-refractivity contribution in [3.05, 3.63) is 59.7 Å². The second kappa shape index (κ2) is 8.13. The number of carbonyl (C=O) groups excluding carboxylic acids is 2. The van der Waals surface area contributed by atoms with Crippen LogP contribution in [0, 0.1) is 5.92 Å². The van der Waals surface area contributed by atoms with Crippen LogP contribution in [0.15, 0.2) is 48.5 Å². The quantitative estimate of drug-likeness (QED) is 0.715. The van der Waals surface area contributed by atoms with E-state index in [1.807, 2.05) is 48.5 Å². The first kappa shape index (κ1) is 22.7. The van der Waals surface area contributed by atoms with Crippen molar-refractivity contribution in [3.8, 4) is 11.1 Å². The van der Waals surface area contributed by atoms with E-state index < -0.39 is 48.4 Å². The summed E-state index contributed by atoms with van der Waals surface area (Å²) in [5.74, 6) is -8.17. The van der Waals surface area contributed by atoms with E-state index in [-0.39, 0.29) is 12.5 Å². The summed E-state index contributed by atoms with van der Waals surface area (Å²) in [6.07, 6.45) is -0.865. The van der Waals surface area contributed by atoms with Gasteiger partial charge in [0.25, 0.3) is 5.92 Å². The van der Waals surface area contributed by atoms with Gasteiger partial charge in [0.2, 0.25) is 5.91 Å². The van der Waals surface area contributed by atoms with Crippen molar-refractivity contribution in [1.82, 2.24) is 10.2 Å². The molecule has 1 aliphatic heterocycles. The number of rotatable bonds is 5. The number of amides is 2. The minimum absolute atomic E-state index is 0.0347. The number of carboxylic acid groups (broad SMARTS) is 1. The van der Waals surface area contributed by atoms with Gasteiger partial charge in [0, 0.05) is 12.5 Å². The molecule has 7 nitrogen and oxygen atoms in total. The number of halogens is 2. The third-order valence-corrected chi connectivity index (χ3v) is 6.19. The Labute approximate surface area is 189 Å². The zero-order valence-electron chi connectivity index (χ0n) is 18.2. The Kier molecular flexibility index (Phi) is 5.59. The van der Waals surface area contributed by atoms with E-state index in [1.165, 1.54) is 13.8 Å². The largest absolute Gasteiger partial charge is 0.481 e. The van der Waals surface area contributed by atoms with Crippen molar-refractivity contribution in [2.45, 2.75) is 31.2 Å². The molecule has 2 amide bonds. The summed E-state index contributed by atoms with van der Waals surface area (Å²) in [6.45, 7) is 1.12. The number of alkyl halides is 2. The van der Waals surface area contributed by atoms with E-state index in [2.05, 4.69) is 5.32 Å². The number of ether oxygens (including phenoxy) is 1. The molecule has 0 saturated carbocycles. The van der Waals surface area contributed by atoms with Crippen LogP contribution in [0.3, 0.4) is 0 Å². The molecule has 2 aromatic rings. The molecule has 0 bridgehead atoms. The highest BCUT2D eigenvalue weighted by atomic mass is 19.3. The lowest BCUT2D eigenvalue weighted by Gasteiger charge is -2.29. The van der Waals surface area contributed by atoms with Crippen molar-refractivity contribution < 1.29 is 33.0 Å². The van der Waals surface area contributed by atoms with Crippen molar-refractivity contribution in [3.63, 3.8) is 0 Å². The molecule has 1 heterocycles. The number of carboxylic acids is 1. The zero-order valence-corrected chi connectivity index (χ0v) is 18.2. The van der Waals surface area contributed by atoms with Crippen LogP contribution < -0.4 is 5.32 Å². The van der Waals surface area contributed by atoms with Crippen LogP contribution in [0.25, 0.3) is 11.1 Å². The molecule has 1 atom stereocenters. The first-order valence-electron chi connectivity index (χ1n) is 10.5. The number of carbonyl (C=O) groups is 3. The van der Waals surface area contributed by atoms with Crippen molar-refractivity contribution >= 4 is 18.0 Å². The topological polar surface area (TPSA) is 95.9 Å². The molecular weight excluding hydrogens is 434 g/mol. The zero-order chi connectivity index (χ0) is 24.0. The molecule has 0 radical (unpaired) electrons. The molecule has 0 aromatic heterocycles. The second-order valence-corrected chi connectivity index (χ2v) is 8.91. The van der Waals surface area contributed by atoms with E-state index in [9.17, 15) is 23.2 Å². The molecule has 1 aliphatic carbocycles. The summed E-state index contributed by atoms with van der Waals surface area (Å²) >= 11 is 0. The maximum Gasteiger partial charge on any atom is 0.408 e. The number of hydrogen-bond acceptors (Lipinski definition) is 4. The lowest BCUT2D eigenvalue weighted by atomic mass is 9.98. The number of aliphatic carboxylic acids is 1. The Morgan fingerprint density at radius 2 is 1.64 bits per heavy atom. The van der Waals surface area contributed by atoms with Crippen LogP contribution in [-0.2, 0) is 14.3 Å². The van der Waals surface area contributed by atoms with Gasteiger partial charge in [-0.3, -0.25) is 9.59 Å². The highest BCUT2D eigenvalue weighted by molar-refractivity contribution is 5.90. The number of alkyl carbamates (subject to hydrolysis) is 1. The summed E-state index contributed by atoms with van der Waals surface area (Å²) < 4.78 is 33.4. The SMILES string of the molecule is CC(C)(NC(=O)OCC1c2ccccc2-c2ccccc21)C(=O)N1CC(C(=O)O)C(F)(F)C1. The normalized spacial score (nSPS) is 19.0. The maximum absolute atomic E-state index is 14.0. The predicted octanol–water partition coefficient (Wildman–Crippen LogP) is 3.48. The molecule has 2 aromatic carbocycles. The van der Waals surface area contributed by atoms with Crippen LogP contribution in [0.5, 0.6) is 0 Å². The van der Waals surface area contributed by atoms with Gasteiger partial charge in [0.05, 0.1) is 6.54 Å². The summed E-state index contributed by atoms with van der Waals surface area (Å²) in [5, 5.41) is 11.4. The summed E-state index contributed by atoms with van der Waals surface area (Å²) in [4.78, 5) is 37.1. The van der Waals surface area contributed by atoms with Crippen LogP contribution in [0.2, 0.25) is 0 Å². The molecule has 2 N–H and O–H groups in total.